The minimum Gasteiger partial charge on any atom is -0.347 e. The van der Waals surface area contributed by atoms with Gasteiger partial charge < -0.3 is 9.47 Å². The summed E-state index contributed by atoms with van der Waals surface area (Å²) in [7, 11) is 1.87. The smallest absolute Gasteiger partial charge is 0.270 e. The van der Waals surface area contributed by atoms with E-state index < -0.39 is 11.6 Å². The Morgan fingerprint density at radius 1 is 1.07 bits per heavy atom. The van der Waals surface area contributed by atoms with Gasteiger partial charge in [-0.05, 0) is 61.7 Å². The molecule has 1 amide bonds. The van der Waals surface area contributed by atoms with E-state index in [1.165, 1.54) is 12.1 Å². The van der Waals surface area contributed by atoms with Gasteiger partial charge in [0.15, 0.2) is 0 Å². The van der Waals surface area contributed by atoms with E-state index in [1.807, 2.05) is 34.8 Å². The fourth-order valence-electron chi connectivity index (χ4n) is 5.57. The van der Waals surface area contributed by atoms with E-state index >= 15 is 0 Å². The van der Waals surface area contributed by atoms with Crippen molar-refractivity contribution < 1.29 is 13.6 Å². The topological polar surface area (TPSA) is 28.5 Å². The fraction of sp³-hybridized carbons (Fsp3) is 0.476. The SMILES string of the molecule is Cn1cccc1C(=O)N1C[C@H](c2cc(F)cc(F)c2)[C@@H]2[C@H]1C1CCN2CC1. The first kappa shape index (κ1) is 16.9. The monoisotopic (exact) mass is 371 g/mol. The summed E-state index contributed by atoms with van der Waals surface area (Å²) in [4.78, 5) is 17.7. The predicted octanol–water partition coefficient (Wildman–Crippen LogP) is 3.01. The molecule has 3 atom stereocenters. The maximum absolute atomic E-state index is 13.9. The van der Waals surface area contributed by atoms with Gasteiger partial charge in [-0.3, -0.25) is 9.69 Å². The van der Waals surface area contributed by atoms with E-state index in [0.29, 0.717) is 23.7 Å². The maximum atomic E-state index is 13.9. The Hall–Kier alpha value is -2.21. The third-order valence-corrected chi connectivity index (χ3v) is 6.73. The Labute approximate surface area is 157 Å². The average Bonchev–Trinajstić information content (AvgIpc) is 3.26. The number of likely N-dealkylation sites (tertiary alicyclic amines) is 1. The molecule has 1 aromatic carbocycles. The highest BCUT2D eigenvalue weighted by atomic mass is 19.1. The van der Waals surface area contributed by atoms with Gasteiger partial charge in [-0.25, -0.2) is 8.78 Å². The molecule has 6 heteroatoms. The molecule has 0 radical (unpaired) electrons. The normalized spacial score (nSPS) is 32.0. The van der Waals surface area contributed by atoms with Gasteiger partial charge in [0.1, 0.15) is 17.3 Å². The average molecular weight is 371 g/mol. The van der Waals surface area contributed by atoms with Crippen LogP contribution in [0, 0.1) is 17.6 Å². The number of rotatable bonds is 2. The lowest BCUT2D eigenvalue weighted by molar-refractivity contribution is -0.00371. The molecule has 0 aliphatic carbocycles. The number of halogens is 2. The number of benzene rings is 1. The van der Waals surface area contributed by atoms with Gasteiger partial charge in [0, 0.05) is 37.8 Å². The van der Waals surface area contributed by atoms with Gasteiger partial charge in [0.25, 0.3) is 5.91 Å². The number of aryl methyl sites for hydroxylation is 1. The van der Waals surface area contributed by atoms with Crippen molar-refractivity contribution in [1.82, 2.24) is 14.4 Å². The van der Waals surface area contributed by atoms with Crippen molar-refractivity contribution in [3.63, 3.8) is 0 Å². The zero-order valence-corrected chi connectivity index (χ0v) is 15.3. The minimum absolute atomic E-state index is 0.0191. The van der Waals surface area contributed by atoms with Crippen LogP contribution in [-0.2, 0) is 7.05 Å². The number of amides is 1. The summed E-state index contributed by atoms with van der Waals surface area (Å²) in [5.74, 6) is -0.680. The van der Waals surface area contributed by atoms with Gasteiger partial charge in [-0.15, -0.1) is 0 Å². The van der Waals surface area contributed by atoms with E-state index in [0.717, 1.165) is 32.0 Å². The molecular weight excluding hydrogens is 348 g/mol. The molecule has 6 rings (SSSR count). The summed E-state index contributed by atoms with van der Waals surface area (Å²) in [6.07, 6.45) is 4.04. The van der Waals surface area contributed by atoms with Crippen molar-refractivity contribution in [2.24, 2.45) is 13.0 Å². The quantitative estimate of drug-likeness (QED) is 0.812. The Balaban J connectivity index is 1.56. The van der Waals surface area contributed by atoms with Crippen LogP contribution in [-0.4, -0.2) is 52.0 Å². The Kier molecular flexibility index (Phi) is 3.86. The second-order valence-electron chi connectivity index (χ2n) is 8.13. The van der Waals surface area contributed by atoms with Crippen molar-refractivity contribution in [3.8, 4) is 0 Å². The van der Waals surface area contributed by atoms with Crippen LogP contribution in [0.1, 0.15) is 34.8 Å². The first-order valence-corrected chi connectivity index (χ1v) is 9.65. The van der Waals surface area contributed by atoms with Crippen LogP contribution in [0.4, 0.5) is 8.78 Å². The second-order valence-corrected chi connectivity index (χ2v) is 8.13. The molecule has 5 heterocycles. The minimum atomic E-state index is -0.551. The molecule has 4 nitrogen and oxygen atoms in total. The fourth-order valence-corrected chi connectivity index (χ4v) is 5.57. The van der Waals surface area contributed by atoms with Crippen molar-refractivity contribution in [1.29, 1.82) is 0 Å². The number of carbonyl (C=O) groups excluding carboxylic acids is 1. The van der Waals surface area contributed by atoms with Crippen molar-refractivity contribution in [2.75, 3.05) is 19.6 Å². The number of fused-ring (bicyclic) bond motifs is 2. The largest absolute Gasteiger partial charge is 0.347 e. The number of nitrogens with zero attached hydrogens (tertiary/aromatic N) is 3. The molecule has 27 heavy (non-hydrogen) atoms. The lowest BCUT2D eigenvalue weighted by atomic mass is 9.75. The standard InChI is InChI=1S/C21H23F2N3O/c1-24-6-2-3-18(24)21(27)26-12-17(14-9-15(22)11-16(23)10-14)20-19(26)13-4-7-25(20)8-5-13/h2-3,6,9-11,13,17,19-20H,4-5,7-8,12H2,1H3/t17-,19-,20-/m1/s1. The van der Waals surface area contributed by atoms with Crippen molar-refractivity contribution >= 4 is 5.91 Å². The van der Waals surface area contributed by atoms with E-state index in [9.17, 15) is 13.6 Å². The Morgan fingerprint density at radius 2 is 1.78 bits per heavy atom. The number of hydrogen-bond acceptors (Lipinski definition) is 2. The molecule has 4 saturated heterocycles. The van der Waals surface area contributed by atoms with Crippen LogP contribution in [0.3, 0.4) is 0 Å². The molecule has 0 spiro atoms. The van der Waals surface area contributed by atoms with Crippen LogP contribution in [0.25, 0.3) is 0 Å². The molecule has 0 unspecified atom stereocenters. The molecule has 1 aromatic heterocycles. The zero-order valence-electron chi connectivity index (χ0n) is 15.3. The molecule has 0 N–H and O–H groups in total. The third kappa shape index (κ3) is 2.61. The summed E-state index contributed by atoms with van der Waals surface area (Å²) in [6.45, 7) is 2.52. The number of carbonyl (C=O) groups is 1. The van der Waals surface area contributed by atoms with Crippen molar-refractivity contribution in [2.45, 2.75) is 30.8 Å². The van der Waals surface area contributed by atoms with E-state index in [4.69, 9.17) is 0 Å². The highest BCUT2D eigenvalue weighted by molar-refractivity contribution is 5.93. The summed E-state index contributed by atoms with van der Waals surface area (Å²) in [6, 6.07) is 7.75. The van der Waals surface area contributed by atoms with Gasteiger partial charge in [0.2, 0.25) is 0 Å². The first-order valence-electron chi connectivity index (χ1n) is 9.65. The summed E-state index contributed by atoms with van der Waals surface area (Å²) < 4.78 is 29.6. The maximum Gasteiger partial charge on any atom is 0.270 e. The van der Waals surface area contributed by atoms with Crippen LogP contribution in [0.2, 0.25) is 0 Å². The number of aromatic nitrogens is 1. The predicted molar refractivity (Wildman–Crippen MR) is 97.4 cm³/mol. The lowest BCUT2D eigenvalue weighted by Crippen LogP contribution is -2.60. The second kappa shape index (κ2) is 6.16. The van der Waals surface area contributed by atoms with Crippen LogP contribution < -0.4 is 0 Å². The lowest BCUT2D eigenvalue weighted by Gasteiger charge is -2.51. The third-order valence-electron chi connectivity index (χ3n) is 6.73. The molecule has 4 aliphatic rings. The summed E-state index contributed by atoms with van der Waals surface area (Å²) in [5, 5.41) is 0. The van der Waals surface area contributed by atoms with Crippen LogP contribution in [0.15, 0.2) is 36.5 Å². The molecule has 142 valence electrons. The number of hydrogen-bond donors (Lipinski definition) is 0. The van der Waals surface area contributed by atoms with Crippen molar-refractivity contribution in [3.05, 3.63) is 59.4 Å². The molecule has 0 saturated carbocycles. The molecule has 2 bridgehead atoms. The van der Waals surface area contributed by atoms with Gasteiger partial charge in [0.05, 0.1) is 6.04 Å². The van der Waals surface area contributed by atoms with Crippen LogP contribution >= 0.6 is 0 Å². The van der Waals surface area contributed by atoms with Crippen LogP contribution in [0.5, 0.6) is 0 Å². The van der Waals surface area contributed by atoms with Gasteiger partial charge in [-0.2, -0.15) is 0 Å². The summed E-state index contributed by atoms with van der Waals surface area (Å²) >= 11 is 0. The summed E-state index contributed by atoms with van der Waals surface area (Å²) in [5.41, 5.74) is 1.33. The highest BCUT2D eigenvalue weighted by Gasteiger charge is 2.54. The molecular formula is C21H23F2N3O. The van der Waals surface area contributed by atoms with E-state index in [1.54, 1.807) is 0 Å². The number of piperidine rings is 3. The zero-order chi connectivity index (χ0) is 18.7. The first-order chi connectivity index (χ1) is 13.0. The highest BCUT2D eigenvalue weighted by Crippen LogP contribution is 2.47. The van der Waals surface area contributed by atoms with Gasteiger partial charge >= 0.3 is 0 Å². The molecule has 4 fully saturated rings. The molecule has 2 aromatic rings. The van der Waals surface area contributed by atoms with E-state index in [2.05, 4.69) is 4.90 Å². The molecule has 4 aliphatic heterocycles. The Morgan fingerprint density at radius 3 is 2.41 bits per heavy atom. The van der Waals surface area contributed by atoms with E-state index in [-0.39, 0.29) is 23.9 Å². The van der Waals surface area contributed by atoms with Gasteiger partial charge in [-0.1, -0.05) is 0 Å². The Bertz CT molecular complexity index is 867.